The minimum atomic E-state index is 0.123. The molecule has 9 rings (SSSR count). The molecule has 0 saturated carbocycles. The highest BCUT2D eigenvalue weighted by atomic mass is 32.1. The van der Waals surface area contributed by atoms with Gasteiger partial charge in [0.25, 0.3) is 0 Å². The summed E-state index contributed by atoms with van der Waals surface area (Å²) >= 11 is 5.09. The molecule has 2 atom stereocenters. The molecule has 1 saturated heterocycles. The Bertz CT molecular complexity index is 2390. The summed E-state index contributed by atoms with van der Waals surface area (Å²) in [6.45, 7) is 3.90. The summed E-state index contributed by atoms with van der Waals surface area (Å²) in [5.74, 6) is 0.464. The summed E-state index contributed by atoms with van der Waals surface area (Å²) in [4.78, 5) is 1.02. The summed E-state index contributed by atoms with van der Waals surface area (Å²) in [6, 6.07) is 48.4. The van der Waals surface area contributed by atoms with Crippen molar-refractivity contribution in [2.45, 2.75) is 37.5 Å². The van der Waals surface area contributed by atoms with E-state index in [9.17, 15) is 0 Å². The molecule has 240 valence electrons. The van der Waals surface area contributed by atoms with E-state index in [-0.39, 0.29) is 6.17 Å². The van der Waals surface area contributed by atoms with Gasteiger partial charge in [-0.05, 0) is 69.8 Å². The van der Waals surface area contributed by atoms with Crippen LogP contribution in [-0.4, -0.2) is 14.6 Å². The number of hydrogen-bond donors (Lipinski definition) is 2. The van der Waals surface area contributed by atoms with Gasteiger partial charge in [-0.15, -0.1) is 12.6 Å². The maximum Gasteiger partial charge on any atom is 0.118 e. The van der Waals surface area contributed by atoms with E-state index in [1.807, 2.05) is 0 Å². The van der Waals surface area contributed by atoms with Crippen molar-refractivity contribution in [3.05, 3.63) is 174 Å². The van der Waals surface area contributed by atoms with Crippen LogP contribution in [0.3, 0.4) is 0 Å². The number of aromatic nitrogens is 1. The van der Waals surface area contributed by atoms with Crippen molar-refractivity contribution >= 4 is 50.8 Å². The molecule has 2 aliphatic rings. The molecule has 2 unspecified atom stereocenters. The Morgan fingerprint density at radius 3 is 2.16 bits per heavy atom. The van der Waals surface area contributed by atoms with Crippen molar-refractivity contribution in [2.75, 3.05) is 0 Å². The highest BCUT2D eigenvalue weighted by Gasteiger charge is 2.37. The van der Waals surface area contributed by atoms with Gasteiger partial charge in [0, 0.05) is 34.1 Å². The van der Waals surface area contributed by atoms with E-state index >= 15 is 0 Å². The summed E-state index contributed by atoms with van der Waals surface area (Å²) in [5, 5.41) is 9.69. The van der Waals surface area contributed by atoms with Crippen LogP contribution in [0.25, 0.3) is 43.8 Å². The van der Waals surface area contributed by atoms with E-state index in [2.05, 4.69) is 179 Å². The number of fused-ring (bicyclic) bond motifs is 4. The van der Waals surface area contributed by atoms with Crippen LogP contribution in [0.5, 0.6) is 0 Å². The number of hydrazine groups is 2. The molecular formula is C44H38N4S. The van der Waals surface area contributed by atoms with Crippen molar-refractivity contribution in [3.8, 4) is 5.69 Å². The average molecular weight is 655 g/mol. The molecule has 0 spiro atoms. The zero-order valence-electron chi connectivity index (χ0n) is 27.5. The fourth-order valence-corrected chi connectivity index (χ4v) is 8.17. The highest BCUT2D eigenvalue weighted by Crippen LogP contribution is 2.41. The minimum absolute atomic E-state index is 0.123. The lowest BCUT2D eigenvalue weighted by Crippen LogP contribution is -2.66. The van der Waals surface area contributed by atoms with Crippen LogP contribution < -0.4 is 5.53 Å². The zero-order valence-corrected chi connectivity index (χ0v) is 28.4. The first-order valence-corrected chi connectivity index (χ1v) is 17.6. The van der Waals surface area contributed by atoms with Crippen molar-refractivity contribution in [3.63, 3.8) is 0 Å². The number of hydrogen-bond acceptors (Lipinski definition) is 4. The summed E-state index contributed by atoms with van der Waals surface area (Å²) in [7, 11) is 0. The van der Waals surface area contributed by atoms with Crippen molar-refractivity contribution in [2.24, 2.45) is 5.92 Å². The van der Waals surface area contributed by atoms with Gasteiger partial charge >= 0.3 is 0 Å². The number of para-hydroxylation sites is 1. The molecule has 1 fully saturated rings. The molecule has 6 aromatic carbocycles. The first-order valence-electron chi connectivity index (χ1n) is 17.2. The molecule has 0 amide bonds. The number of allylic oxidation sites excluding steroid dienone is 4. The molecule has 49 heavy (non-hydrogen) atoms. The van der Waals surface area contributed by atoms with Crippen LogP contribution in [-0.2, 0) is 13.1 Å². The van der Waals surface area contributed by atoms with Crippen LogP contribution >= 0.6 is 12.6 Å². The van der Waals surface area contributed by atoms with E-state index in [0.717, 1.165) is 24.4 Å². The second-order valence-electron chi connectivity index (χ2n) is 13.3. The highest BCUT2D eigenvalue weighted by molar-refractivity contribution is 7.80. The molecule has 5 heteroatoms. The van der Waals surface area contributed by atoms with Crippen LogP contribution in [0.4, 0.5) is 0 Å². The Morgan fingerprint density at radius 1 is 0.673 bits per heavy atom. The van der Waals surface area contributed by atoms with E-state index in [1.165, 1.54) is 66.1 Å². The van der Waals surface area contributed by atoms with E-state index in [4.69, 9.17) is 12.6 Å². The number of thiol groups is 1. The maximum absolute atomic E-state index is 5.09. The summed E-state index contributed by atoms with van der Waals surface area (Å²) in [5.41, 5.74) is 13.7. The molecule has 4 nitrogen and oxygen atoms in total. The van der Waals surface area contributed by atoms with Crippen molar-refractivity contribution < 1.29 is 0 Å². The van der Waals surface area contributed by atoms with Crippen LogP contribution in [0.2, 0.25) is 0 Å². The third kappa shape index (κ3) is 5.31. The Balaban J connectivity index is 1.13. The predicted molar refractivity (Wildman–Crippen MR) is 206 cm³/mol. The molecule has 7 aromatic rings. The molecule has 0 bridgehead atoms. The smallest absolute Gasteiger partial charge is 0.118 e. The van der Waals surface area contributed by atoms with E-state index in [1.54, 1.807) is 0 Å². The molecule has 2 heterocycles. The summed E-state index contributed by atoms with van der Waals surface area (Å²) in [6.07, 6.45) is 7.88. The van der Waals surface area contributed by atoms with E-state index in [0.29, 0.717) is 5.92 Å². The predicted octanol–water partition coefficient (Wildman–Crippen LogP) is 10.6. The molecule has 1 aliphatic heterocycles. The molecule has 0 radical (unpaired) electrons. The SMILES string of the molecule is CC1CC=CC=C1c1cc2c3ccccc3n(-c3ccc(CN4NN(Cc5ccccc5)C4c4ccccc4)c4ccccc34)c2cc1S. The van der Waals surface area contributed by atoms with Gasteiger partial charge in [0.1, 0.15) is 6.17 Å². The number of nitrogens with zero attached hydrogens (tertiary/aromatic N) is 3. The van der Waals surface area contributed by atoms with Gasteiger partial charge in [0.05, 0.1) is 16.7 Å². The van der Waals surface area contributed by atoms with Gasteiger partial charge < -0.3 is 4.57 Å². The van der Waals surface area contributed by atoms with Crippen LogP contribution in [0.1, 0.15) is 41.8 Å². The van der Waals surface area contributed by atoms with Crippen LogP contribution in [0.15, 0.2) is 157 Å². The number of benzene rings is 6. The van der Waals surface area contributed by atoms with Gasteiger partial charge in [-0.25, -0.2) is 10.0 Å². The Labute approximate surface area is 292 Å². The molecule has 1 aliphatic carbocycles. The third-order valence-electron chi connectivity index (χ3n) is 10.2. The van der Waals surface area contributed by atoms with E-state index < -0.39 is 0 Å². The number of nitrogens with one attached hydrogen (secondary N) is 1. The lowest BCUT2D eigenvalue weighted by atomic mass is 9.87. The second kappa shape index (κ2) is 12.5. The van der Waals surface area contributed by atoms with Crippen LogP contribution in [0, 0.1) is 5.92 Å². The first kappa shape index (κ1) is 30.2. The first-order chi connectivity index (χ1) is 24.1. The van der Waals surface area contributed by atoms with Gasteiger partial charge in [0.2, 0.25) is 0 Å². The Hall–Kier alpha value is -4.91. The lowest BCUT2D eigenvalue weighted by molar-refractivity contribution is -0.214. The lowest BCUT2D eigenvalue weighted by Gasteiger charge is -2.51. The Morgan fingerprint density at radius 2 is 1.37 bits per heavy atom. The molecular weight excluding hydrogens is 617 g/mol. The fourth-order valence-electron chi connectivity index (χ4n) is 7.85. The average Bonchev–Trinajstić information content (AvgIpc) is 3.44. The second-order valence-corrected chi connectivity index (χ2v) is 13.8. The maximum atomic E-state index is 5.09. The van der Waals surface area contributed by atoms with Gasteiger partial charge in [-0.1, -0.05) is 134 Å². The quantitative estimate of drug-likeness (QED) is 0.167. The largest absolute Gasteiger partial charge is 0.309 e. The molecule has 1 N–H and O–H groups in total. The monoisotopic (exact) mass is 654 g/mol. The zero-order chi connectivity index (χ0) is 32.9. The third-order valence-corrected chi connectivity index (χ3v) is 10.6. The van der Waals surface area contributed by atoms with Gasteiger partial charge in [-0.3, -0.25) is 0 Å². The fraction of sp³-hybridized carbons (Fsp3) is 0.136. The van der Waals surface area contributed by atoms with Gasteiger partial charge in [0.15, 0.2) is 0 Å². The van der Waals surface area contributed by atoms with Crippen molar-refractivity contribution in [1.29, 1.82) is 0 Å². The normalized spacial score (nSPS) is 18.3. The number of rotatable bonds is 7. The minimum Gasteiger partial charge on any atom is -0.309 e. The molecule has 1 aromatic heterocycles. The Kier molecular flexibility index (Phi) is 7.71. The van der Waals surface area contributed by atoms with Crippen molar-refractivity contribution in [1.82, 2.24) is 20.1 Å². The summed E-state index contributed by atoms with van der Waals surface area (Å²) < 4.78 is 2.44. The standard InChI is InChI=1S/C44H38N4S/c1-30-14-8-9-19-34(30)39-26-38-37-22-12-13-23-40(37)48(42(38)27-43(39)49)41-25-24-33(35-20-10-11-21-36(35)41)29-47-44(32-17-6-3-7-18-32)46(45-47)28-31-15-4-2-5-16-31/h2-13,15-27,30,44-45,49H,14,28-29H2,1H3. The topological polar surface area (TPSA) is 23.4 Å². The van der Waals surface area contributed by atoms with Gasteiger partial charge in [-0.2, -0.15) is 5.53 Å².